The second-order valence-corrected chi connectivity index (χ2v) is 6.41. The van der Waals surface area contributed by atoms with Crippen LogP contribution >= 0.6 is 15.9 Å². The van der Waals surface area contributed by atoms with E-state index in [1.807, 2.05) is 23.2 Å². The van der Waals surface area contributed by atoms with Crippen molar-refractivity contribution in [1.82, 2.24) is 19.9 Å². The standard InChI is InChI=1S/C16H19BrN6O/c1-12(24)22-4-6-23(7-5-22)16-8-13(2-3-18-16)10-19-15-9-14(17)20-11-21-15/h2-3,8-9,11H,4-7,10H2,1H3,(H,19,20,21). The third-order valence-corrected chi connectivity index (χ3v) is 4.40. The van der Waals surface area contributed by atoms with Crippen LogP contribution in [0, 0.1) is 0 Å². The quantitative estimate of drug-likeness (QED) is 0.803. The lowest BCUT2D eigenvalue weighted by Crippen LogP contribution is -2.48. The van der Waals surface area contributed by atoms with Crippen LogP contribution in [-0.4, -0.2) is 51.9 Å². The van der Waals surface area contributed by atoms with Gasteiger partial charge in [0, 0.05) is 51.9 Å². The maximum atomic E-state index is 11.4. The molecule has 24 heavy (non-hydrogen) atoms. The first-order valence-electron chi connectivity index (χ1n) is 7.78. The fourth-order valence-corrected chi connectivity index (χ4v) is 2.93. The molecule has 2 aromatic heterocycles. The van der Waals surface area contributed by atoms with Gasteiger partial charge in [0.25, 0.3) is 0 Å². The zero-order valence-corrected chi connectivity index (χ0v) is 15.0. The Morgan fingerprint density at radius 1 is 1.21 bits per heavy atom. The predicted molar refractivity (Wildman–Crippen MR) is 95.8 cm³/mol. The number of carbonyl (C=O) groups excluding carboxylic acids is 1. The maximum Gasteiger partial charge on any atom is 0.219 e. The summed E-state index contributed by atoms with van der Waals surface area (Å²) in [5.74, 6) is 1.85. The number of nitrogens with one attached hydrogen (secondary N) is 1. The molecule has 1 aliphatic heterocycles. The molecule has 0 saturated carbocycles. The molecular formula is C16H19BrN6O. The second-order valence-electron chi connectivity index (χ2n) is 5.59. The third-order valence-electron chi connectivity index (χ3n) is 3.97. The molecule has 1 aliphatic rings. The van der Waals surface area contributed by atoms with Gasteiger partial charge in [0.05, 0.1) is 0 Å². The van der Waals surface area contributed by atoms with E-state index in [4.69, 9.17) is 0 Å². The number of amides is 1. The predicted octanol–water partition coefficient (Wildman–Crippen LogP) is 1.91. The average molecular weight is 391 g/mol. The Morgan fingerprint density at radius 3 is 2.71 bits per heavy atom. The van der Waals surface area contributed by atoms with E-state index in [1.165, 1.54) is 6.33 Å². The van der Waals surface area contributed by atoms with Crippen molar-refractivity contribution in [2.24, 2.45) is 0 Å². The molecule has 0 unspecified atom stereocenters. The molecule has 1 amide bonds. The highest BCUT2D eigenvalue weighted by molar-refractivity contribution is 9.10. The van der Waals surface area contributed by atoms with Crippen molar-refractivity contribution in [3.8, 4) is 0 Å². The van der Waals surface area contributed by atoms with Crippen LogP contribution in [0.4, 0.5) is 11.6 Å². The van der Waals surface area contributed by atoms with E-state index >= 15 is 0 Å². The number of anilines is 2. The van der Waals surface area contributed by atoms with Gasteiger partial charge < -0.3 is 15.1 Å². The largest absolute Gasteiger partial charge is 0.366 e. The zero-order chi connectivity index (χ0) is 16.9. The first kappa shape index (κ1) is 16.6. The van der Waals surface area contributed by atoms with E-state index in [-0.39, 0.29) is 5.91 Å². The van der Waals surface area contributed by atoms with E-state index in [1.54, 1.807) is 6.92 Å². The minimum atomic E-state index is 0.136. The summed E-state index contributed by atoms with van der Waals surface area (Å²) in [6, 6.07) is 5.90. The van der Waals surface area contributed by atoms with E-state index in [9.17, 15) is 4.79 Å². The molecule has 3 heterocycles. The fraction of sp³-hybridized carbons (Fsp3) is 0.375. The Bertz CT molecular complexity index is 717. The Morgan fingerprint density at radius 2 is 2.00 bits per heavy atom. The number of nitrogens with zero attached hydrogens (tertiary/aromatic N) is 5. The molecule has 0 radical (unpaired) electrons. The van der Waals surface area contributed by atoms with Crippen molar-refractivity contribution >= 4 is 33.5 Å². The summed E-state index contributed by atoms with van der Waals surface area (Å²) in [4.78, 5) is 28.1. The molecule has 1 N–H and O–H groups in total. The van der Waals surface area contributed by atoms with Gasteiger partial charge in [-0.15, -0.1) is 0 Å². The van der Waals surface area contributed by atoms with Crippen LogP contribution in [0.2, 0.25) is 0 Å². The van der Waals surface area contributed by atoms with Crippen LogP contribution in [0.3, 0.4) is 0 Å². The van der Waals surface area contributed by atoms with E-state index in [0.717, 1.165) is 48.0 Å². The third kappa shape index (κ3) is 4.19. The topological polar surface area (TPSA) is 74.2 Å². The van der Waals surface area contributed by atoms with Crippen molar-refractivity contribution in [1.29, 1.82) is 0 Å². The molecule has 8 heteroatoms. The lowest BCUT2D eigenvalue weighted by atomic mass is 10.2. The molecule has 1 saturated heterocycles. The minimum Gasteiger partial charge on any atom is -0.366 e. The summed E-state index contributed by atoms with van der Waals surface area (Å²) in [7, 11) is 0. The number of aromatic nitrogens is 3. The number of halogens is 1. The summed E-state index contributed by atoms with van der Waals surface area (Å²) >= 11 is 3.33. The Balaban J connectivity index is 1.61. The summed E-state index contributed by atoms with van der Waals surface area (Å²) < 4.78 is 0.749. The second kappa shape index (κ2) is 7.57. The van der Waals surface area contributed by atoms with Gasteiger partial charge in [-0.1, -0.05) is 0 Å². The van der Waals surface area contributed by atoms with Crippen LogP contribution in [0.15, 0.2) is 35.3 Å². The van der Waals surface area contributed by atoms with Gasteiger partial charge in [-0.3, -0.25) is 4.79 Å². The highest BCUT2D eigenvalue weighted by atomic mass is 79.9. The van der Waals surface area contributed by atoms with Gasteiger partial charge in [0.2, 0.25) is 5.91 Å². The Kier molecular flexibility index (Phi) is 5.24. The van der Waals surface area contributed by atoms with Crippen molar-refractivity contribution < 1.29 is 4.79 Å². The zero-order valence-electron chi connectivity index (χ0n) is 13.4. The summed E-state index contributed by atoms with van der Waals surface area (Å²) in [6.07, 6.45) is 3.33. The van der Waals surface area contributed by atoms with Gasteiger partial charge in [-0.25, -0.2) is 15.0 Å². The maximum absolute atomic E-state index is 11.4. The number of pyridine rings is 1. The Hall–Kier alpha value is -2.22. The van der Waals surface area contributed by atoms with Gasteiger partial charge in [-0.2, -0.15) is 0 Å². The van der Waals surface area contributed by atoms with Gasteiger partial charge in [-0.05, 0) is 33.6 Å². The van der Waals surface area contributed by atoms with Crippen LogP contribution in [0.25, 0.3) is 0 Å². The number of piperazine rings is 1. The first-order valence-corrected chi connectivity index (χ1v) is 8.58. The monoisotopic (exact) mass is 390 g/mol. The SMILES string of the molecule is CC(=O)N1CCN(c2cc(CNc3cc(Br)ncn3)ccn2)CC1. The molecule has 1 fully saturated rings. The molecule has 7 nitrogen and oxygen atoms in total. The normalized spacial score (nSPS) is 14.6. The highest BCUT2D eigenvalue weighted by Gasteiger charge is 2.19. The van der Waals surface area contributed by atoms with E-state index < -0.39 is 0 Å². The summed E-state index contributed by atoms with van der Waals surface area (Å²) in [5, 5.41) is 3.27. The molecule has 0 aromatic carbocycles. The highest BCUT2D eigenvalue weighted by Crippen LogP contribution is 2.17. The molecular weight excluding hydrogens is 372 g/mol. The van der Waals surface area contributed by atoms with Crippen molar-refractivity contribution in [2.45, 2.75) is 13.5 Å². The number of hydrogen-bond donors (Lipinski definition) is 1. The van der Waals surface area contributed by atoms with Gasteiger partial charge in [0.1, 0.15) is 22.6 Å². The molecule has 3 rings (SSSR count). The van der Waals surface area contributed by atoms with Gasteiger partial charge >= 0.3 is 0 Å². The molecule has 0 bridgehead atoms. The lowest BCUT2D eigenvalue weighted by molar-refractivity contribution is -0.129. The summed E-state index contributed by atoms with van der Waals surface area (Å²) in [6.45, 7) is 5.38. The molecule has 126 valence electrons. The lowest BCUT2D eigenvalue weighted by Gasteiger charge is -2.35. The van der Waals surface area contributed by atoms with Crippen LogP contribution in [0.5, 0.6) is 0 Å². The number of hydrogen-bond acceptors (Lipinski definition) is 6. The average Bonchev–Trinajstić information content (AvgIpc) is 2.60. The summed E-state index contributed by atoms with van der Waals surface area (Å²) in [5.41, 5.74) is 1.13. The van der Waals surface area contributed by atoms with Crippen LogP contribution < -0.4 is 10.2 Å². The molecule has 0 atom stereocenters. The smallest absolute Gasteiger partial charge is 0.219 e. The van der Waals surface area contributed by atoms with Crippen molar-refractivity contribution in [3.63, 3.8) is 0 Å². The molecule has 0 aliphatic carbocycles. The Labute approximate surface area is 149 Å². The number of carbonyl (C=O) groups is 1. The molecule has 2 aromatic rings. The molecule has 0 spiro atoms. The van der Waals surface area contributed by atoms with Crippen molar-refractivity contribution in [2.75, 3.05) is 36.4 Å². The van der Waals surface area contributed by atoms with Gasteiger partial charge in [0.15, 0.2) is 0 Å². The fourth-order valence-electron chi connectivity index (χ4n) is 2.62. The van der Waals surface area contributed by atoms with Crippen LogP contribution in [0.1, 0.15) is 12.5 Å². The van der Waals surface area contributed by atoms with Crippen molar-refractivity contribution in [3.05, 3.63) is 40.9 Å². The van der Waals surface area contributed by atoms with Crippen LogP contribution in [-0.2, 0) is 11.3 Å². The first-order chi connectivity index (χ1) is 11.6. The number of rotatable bonds is 4. The van der Waals surface area contributed by atoms with E-state index in [2.05, 4.69) is 47.2 Å². The van der Waals surface area contributed by atoms with E-state index in [0.29, 0.717) is 6.54 Å². The minimum absolute atomic E-state index is 0.136.